The fraction of sp³-hybridized carbons (Fsp3) is 0.438. The summed E-state index contributed by atoms with van der Waals surface area (Å²) >= 11 is 0. The Balaban J connectivity index is 2.26. The van der Waals surface area contributed by atoms with Crippen molar-refractivity contribution in [3.8, 4) is 5.75 Å². The molecule has 0 saturated heterocycles. The molecule has 0 radical (unpaired) electrons. The van der Waals surface area contributed by atoms with Gasteiger partial charge in [0.1, 0.15) is 5.75 Å². The lowest BCUT2D eigenvalue weighted by atomic mass is 10.1. The Labute approximate surface area is 141 Å². The van der Waals surface area contributed by atoms with Crippen LogP contribution in [0.25, 0.3) is 0 Å². The van der Waals surface area contributed by atoms with Crippen LogP contribution >= 0.6 is 0 Å². The summed E-state index contributed by atoms with van der Waals surface area (Å²) in [6, 6.07) is 6.82. The van der Waals surface area contributed by atoms with Crippen LogP contribution in [-0.4, -0.2) is 49.6 Å². The summed E-state index contributed by atoms with van der Waals surface area (Å²) in [5, 5.41) is 18.2. The number of carbonyl (C=O) groups excluding carboxylic acids is 1. The van der Waals surface area contributed by atoms with Gasteiger partial charge in [-0.2, -0.15) is 5.10 Å². The molecule has 0 saturated carbocycles. The molecule has 0 aromatic heterocycles. The number of nitrogens with one attached hydrogen (secondary N) is 3. The van der Waals surface area contributed by atoms with Crippen molar-refractivity contribution in [3.63, 3.8) is 0 Å². The Bertz CT molecular complexity index is 542. The maximum Gasteiger partial charge on any atom is 0.341 e. The van der Waals surface area contributed by atoms with Crippen LogP contribution in [0, 0.1) is 0 Å². The first-order valence-electron chi connectivity index (χ1n) is 7.73. The molecule has 0 spiro atoms. The summed E-state index contributed by atoms with van der Waals surface area (Å²) in [6.45, 7) is 2.11. The Hall–Kier alpha value is -2.61. The number of amides is 2. The highest BCUT2D eigenvalue weighted by molar-refractivity contribution is 5.75. The van der Waals surface area contributed by atoms with E-state index in [1.54, 1.807) is 18.3 Å². The first-order chi connectivity index (χ1) is 11.5. The van der Waals surface area contributed by atoms with Crippen molar-refractivity contribution >= 4 is 18.2 Å². The van der Waals surface area contributed by atoms with Crippen molar-refractivity contribution in [1.29, 1.82) is 0 Å². The number of rotatable bonds is 10. The normalized spacial score (nSPS) is 11.9. The molecule has 1 aromatic rings. The fourth-order valence-corrected chi connectivity index (χ4v) is 1.83. The van der Waals surface area contributed by atoms with Gasteiger partial charge in [0.25, 0.3) is 0 Å². The summed E-state index contributed by atoms with van der Waals surface area (Å²) < 4.78 is 5.05. The quantitative estimate of drug-likeness (QED) is 0.376. The summed E-state index contributed by atoms with van der Waals surface area (Å²) in [5.74, 6) is -0.520. The van der Waals surface area contributed by atoms with E-state index in [2.05, 4.69) is 21.2 Å². The van der Waals surface area contributed by atoms with Gasteiger partial charge in [-0.3, -0.25) is 0 Å². The van der Waals surface area contributed by atoms with Crippen molar-refractivity contribution in [3.05, 3.63) is 29.8 Å². The zero-order valence-corrected chi connectivity index (χ0v) is 13.9. The molecule has 1 unspecified atom stereocenters. The van der Waals surface area contributed by atoms with Crippen LogP contribution < -0.4 is 20.8 Å². The molecule has 24 heavy (non-hydrogen) atoms. The molecular weight excluding hydrogens is 312 g/mol. The van der Waals surface area contributed by atoms with E-state index in [4.69, 9.17) is 9.84 Å². The molecule has 0 aliphatic carbocycles. The minimum absolute atomic E-state index is 0.132. The first kappa shape index (κ1) is 19.4. The molecule has 2 amide bonds. The lowest BCUT2D eigenvalue weighted by Crippen LogP contribution is -2.35. The van der Waals surface area contributed by atoms with Crippen molar-refractivity contribution in [1.82, 2.24) is 16.1 Å². The summed E-state index contributed by atoms with van der Waals surface area (Å²) in [4.78, 5) is 22.0. The number of carboxylic acids is 1. The largest absolute Gasteiger partial charge is 0.482 e. The van der Waals surface area contributed by atoms with Gasteiger partial charge in [0.2, 0.25) is 0 Å². The molecule has 1 aromatic carbocycles. The Morgan fingerprint density at radius 2 is 2.04 bits per heavy atom. The fourth-order valence-electron chi connectivity index (χ4n) is 1.83. The van der Waals surface area contributed by atoms with Crippen LogP contribution in [0.5, 0.6) is 5.75 Å². The van der Waals surface area contributed by atoms with Gasteiger partial charge in [0, 0.05) is 18.8 Å². The third-order valence-corrected chi connectivity index (χ3v) is 3.22. The number of urea groups is 1. The number of hydrogen-bond donors (Lipinski definition) is 4. The molecule has 0 heterocycles. The molecule has 8 nitrogen and oxygen atoms in total. The van der Waals surface area contributed by atoms with Gasteiger partial charge in [0.15, 0.2) is 6.61 Å². The van der Waals surface area contributed by atoms with Gasteiger partial charge in [0.05, 0.1) is 0 Å². The Morgan fingerprint density at radius 1 is 1.33 bits per heavy atom. The molecule has 0 bridgehead atoms. The molecule has 4 N–H and O–H groups in total. The number of hydrazone groups is 1. The smallest absolute Gasteiger partial charge is 0.341 e. The second-order valence-electron chi connectivity index (χ2n) is 5.03. The molecule has 0 fully saturated rings. The zero-order valence-electron chi connectivity index (χ0n) is 13.9. The first-order valence-corrected chi connectivity index (χ1v) is 7.73. The van der Waals surface area contributed by atoms with E-state index in [1.807, 2.05) is 26.1 Å². The molecule has 1 atom stereocenters. The average Bonchev–Trinajstić information content (AvgIpc) is 2.58. The highest BCUT2D eigenvalue weighted by Gasteiger charge is 2.02. The lowest BCUT2D eigenvalue weighted by molar-refractivity contribution is -0.139. The molecule has 1 rings (SSSR count). The average molecular weight is 336 g/mol. The second-order valence-corrected chi connectivity index (χ2v) is 5.03. The summed E-state index contributed by atoms with van der Waals surface area (Å²) in [5.41, 5.74) is 3.41. The van der Waals surface area contributed by atoms with Crippen molar-refractivity contribution in [2.45, 2.75) is 25.8 Å². The number of aliphatic carboxylic acids is 1. The molecule has 8 heteroatoms. The summed E-state index contributed by atoms with van der Waals surface area (Å²) in [7, 11) is 1.83. The third kappa shape index (κ3) is 8.14. The minimum Gasteiger partial charge on any atom is -0.482 e. The van der Waals surface area contributed by atoms with Crippen LogP contribution in [0.15, 0.2) is 29.4 Å². The van der Waals surface area contributed by atoms with Crippen molar-refractivity contribution in [2.24, 2.45) is 5.10 Å². The van der Waals surface area contributed by atoms with Crippen molar-refractivity contribution in [2.75, 3.05) is 20.2 Å². The van der Waals surface area contributed by atoms with E-state index in [9.17, 15) is 9.59 Å². The highest BCUT2D eigenvalue weighted by Crippen LogP contribution is 2.12. The standard InChI is InChI=1S/C16H24N4O4/c1-3-13(17-2)10-19-20-16(23)18-9-8-12-4-6-14(7-5-12)24-11-15(21)22/h4-7,10,13,17H,3,8-9,11H2,1-2H3,(H,21,22)(H2,18,20,23)/b19-10-. The molecule has 0 aliphatic heterocycles. The predicted octanol–water partition coefficient (Wildman–Crippen LogP) is 0.976. The predicted molar refractivity (Wildman–Crippen MR) is 91.4 cm³/mol. The van der Waals surface area contributed by atoms with Gasteiger partial charge >= 0.3 is 12.0 Å². The van der Waals surface area contributed by atoms with E-state index in [0.29, 0.717) is 18.7 Å². The van der Waals surface area contributed by atoms with Crippen LogP contribution in [0.1, 0.15) is 18.9 Å². The third-order valence-electron chi connectivity index (χ3n) is 3.22. The molecule has 0 aliphatic rings. The van der Waals surface area contributed by atoms with E-state index in [1.165, 1.54) is 0 Å². The van der Waals surface area contributed by atoms with Gasteiger partial charge in [-0.1, -0.05) is 19.1 Å². The van der Waals surface area contributed by atoms with E-state index < -0.39 is 5.97 Å². The van der Waals surface area contributed by atoms with E-state index >= 15 is 0 Å². The number of carboxylic acid groups (broad SMARTS) is 1. The SMILES string of the molecule is CCC(/C=N\NC(=O)NCCc1ccc(OCC(=O)O)cc1)NC. The summed E-state index contributed by atoms with van der Waals surface area (Å²) in [6.07, 6.45) is 3.18. The number of nitrogens with zero attached hydrogens (tertiary/aromatic N) is 1. The Kier molecular flexibility index (Phi) is 8.91. The maximum atomic E-state index is 11.6. The van der Waals surface area contributed by atoms with Crippen molar-refractivity contribution < 1.29 is 19.4 Å². The zero-order chi connectivity index (χ0) is 17.8. The van der Waals surface area contributed by atoms with Gasteiger partial charge < -0.3 is 20.5 Å². The molecular formula is C16H24N4O4. The Morgan fingerprint density at radius 3 is 2.62 bits per heavy atom. The second kappa shape index (κ2) is 11.0. The highest BCUT2D eigenvalue weighted by atomic mass is 16.5. The number of ether oxygens (including phenoxy) is 1. The van der Waals surface area contributed by atoms with Crippen LogP contribution in [0.4, 0.5) is 4.79 Å². The number of benzene rings is 1. The van der Waals surface area contributed by atoms with Crippen LogP contribution in [0.3, 0.4) is 0 Å². The number of carbonyl (C=O) groups is 2. The minimum atomic E-state index is -1.02. The van der Waals surface area contributed by atoms with E-state index in [-0.39, 0.29) is 18.7 Å². The monoisotopic (exact) mass is 336 g/mol. The van der Waals surface area contributed by atoms with Gasteiger partial charge in [-0.15, -0.1) is 0 Å². The van der Waals surface area contributed by atoms with Gasteiger partial charge in [-0.25, -0.2) is 15.0 Å². The number of hydrogen-bond acceptors (Lipinski definition) is 5. The van der Waals surface area contributed by atoms with Gasteiger partial charge in [-0.05, 0) is 37.6 Å². The topological polar surface area (TPSA) is 112 Å². The lowest BCUT2D eigenvalue weighted by Gasteiger charge is -2.08. The maximum absolute atomic E-state index is 11.6. The van der Waals surface area contributed by atoms with E-state index in [0.717, 1.165) is 12.0 Å². The van der Waals surface area contributed by atoms with Crippen LogP contribution in [-0.2, 0) is 11.2 Å². The molecule has 132 valence electrons. The van der Waals surface area contributed by atoms with Crippen LogP contribution in [0.2, 0.25) is 0 Å².